The minimum Gasteiger partial charge on any atom is -0.364 e. The molecule has 1 amide bonds. The molecule has 21 heavy (non-hydrogen) atoms. The number of nitrogens with zero attached hydrogens (tertiary/aromatic N) is 1. The van der Waals surface area contributed by atoms with E-state index in [2.05, 4.69) is 16.2 Å². The minimum absolute atomic E-state index is 0.137. The van der Waals surface area contributed by atoms with Crippen LogP contribution in [0.15, 0.2) is 24.3 Å². The number of non-ortho nitro benzene ring substituents is 1. The Labute approximate surface area is 126 Å². The van der Waals surface area contributed by atoms with Gasteiger partial charge < -0.3 is 5.32 Å². The third-order valence-corrected chi connectivity index (χ3v) is 3.02. The number of carbonyl (C=O) groups is 2. The first-order valence-corrected chi connectivity index (χ1v) is 6.34. The van der Waals surface area contributed by atoms with E-state index < -0.39 is 22.5 Å². The first-order valence-electron chi connectivity index (χ1n) is 5.93. The van der Waals surface area contributed by atoms with Crippen LogP contribution in [0.4, 0.5) is 5.69 Å². The van der Waals surface area contributed by atoms with Gasteiger partial charge in [0, 0.05) is 19.2 Å². The minimum atomic E-state index is -0.883. The molecule has 0 aliphatic carbocycles. The Balaban J connectivity index is 2.78. The number of hydrazine groups is 1. The van der Waals surface area contributed by atoms with Crippen molar-refractivity contribution in [3.8, 4) is 0 Å². The molecule has 0 radical (unpaired) electrons. The molecule has 9 heteroatoms. The zero-order valence-electron chi connectivity index (χ0n) is 11.4. The lowest BCUT2D eigenvalue weighted by Crippen LogP contribution is -2.48. The summed E-state index contributed by atoms with van der Waals surface area (Å²) < 4.78 is 0. The molecule has 0 aromatic heterocycles. The van der Waals surface area contributed by atoms with Gasteiger partial charge in [-0.2, -0.15) is 0 Å². The highest BCUT2D eigenvalue weighted by atomic mass is 32.1. The Hall–Kier alpha value is -2.55. The molecule has 112 valence electrons. The summed E-state index contributed by atoms with van der Waals surface area (Å²) >= 11 is 4.74. The van der Waals surface area contributed by atoms with Crippen molar-refractivity contribution in [3.05, 3.63) is 39.9 Å². The number of carbonyl (C=O) groups excluding carboxylic acids is 2. The lowest BCUT2D eigenvalue weighted by atomic mass is 9.96. The zero-order chi connectivity index (χ0) is 16.0. The number of nitrogens with one attached hydrogen (secondary N) is 3. The number of hydrogen-bond donors (Lipinski definition) is 3. The van der Waals surface area contributed by atoms with Gasteiger partial charge in [0.25, 0.3) is 5.69 Å². The van der Waals surface area contributed by atoms with E-state index in [4.69, 9.17) is 12.2 Å². The molecule has 0 fully saturated rings. The Morgan fingerprint density at radius 2 is 2.00 bits per heavy atom. The molecule has 0 aliphatic heterocycles. The highest BCUT2D eigenvalue weighted by molar-refractivity contribution is 7.80. The predicted molar refractivity (Wildman–Crippen MR) is 79.5 cm³/mol. The second-order valence-corrected chi connectivity index (χ2v) is 4.50. The Kier molecular flexibility index (Phi) is 5.73. The fourth-order valence-corrected chi connectivity index (χ4v) is 1.54. The maximum atomic E-state index is 11.9. The lowest BCUT2D eigenvalue weighted by Gasteiger charge is -2.12. The van der Waals surface area contributed by atoms with Crippen LogP contribution < -0.4 is 16.2 Å². The van der Waals surface area contributed by atoms with Crippen molar-refractivity contribution in [2.75, 3.05) is 7.05 Å². The van der Waals surface area contributed by atoms with Gasteiger partial charge in [0.05, 0.1) is 10.8 Å². The van der Waals surface area contributed by atoms with Gasteiger partial charge in [-0.05, 0) is 17.8 Å². The second kappa shape index (κ2) is 7.29. The van der Waals surface area contributed by atoms with Crippen molar-refractivity contribution in [2.24, 2.45) is 0 Å². The van der Waals surface area contributed by atoms with Gasteiger partial charge in [-0.15, -0.1) is 0 Å². The maximum Gasteiger partial charge on any atom is 0.306 e. The molecule has 8 nitrogen and oxygen atoms in total. The van der Waals surface area contributed by atoms with Crippen LogP contribution >= 0.6 is 12.2 Å². The first-order chi connectivity index (χ1) is 9.86. The molecule has 0 heterocycles. The van der Waals surface area contributed by atoms with Crippen molar-refractivity contribution < 1.29 is 14.5 Å². The molecule has 0 bridgehead atoms. The third kappa shape index (κ3) is 4.49. The number of benzene rings is 1. The molecule has 1 aromatic rings. The Bertz CT molecular complexity index is 590. The fourth-order valence-electron chi connectivity index (χ4n) is 1.49. The number of amides is 1. The van der Waals surface area contributed by atoms with Gasteiger partial charge >= 0.3 is 5.91 Å². The monoisotopic (exact) mass is 310 g/mol. The van der Waals surface area contributed by atoms with E-state index in [0.29, 0.717) is 5.56 Å². The van der Waals surface area contributed by atoms with Crippen molar-refractivity contribution in [1.29, 1.82) is 0 Å². The summed E-state index contributed by atoms with van der Waals surface area (Å²) in [6.07, 6.45) is 0. The molecule has 1 atom stereocenters. The zero-order valence-corrected chi connectivity index (χ0v) is 12.2. The average Bonchev–Trinajstić information content (AvgIpc) is 2.50. The van der Waals surface area contributed by atoms with Gasteiger partial charge in [-0.25, -0.2) is 0 Å². The second-order valence-electron chi connectivity index (χ2n) is 4.10. The Morgan fingerprint density at radius 3 is 2.57 bits per heavy atom. The SMILES string of the molecule is CNC(=S)NNC(=O)C(=O)C(C)c1cccc([N+](=O)[O-])c1. The quantitative estimate of drug-likeness (QED) is 0.319. The summed E-state index contributed by atoms with van der Waals surface area (Å²) in [6, 6.07) is 5.59. The van der Waals surface area contributed by atoms with Crippen LogP contribution in [-0.4, -0.2) is 28.8 Å². The maximum absolute atomic E-state index is 11.9. The predicted octanol–water partition coefficient (Wildman–Crippen LogP) is 0.392. The summed E-state index contributed by atoms with van der Waals surface area (Å²) in [5, 5.41) is 13.4. The summed E-state index contributed by atoms with van der Waals surface area (Å²) in [5.74, 6) is -2.43. The molecule has 1 aromatic carbocycles. The van der Waals surface area contributed by atoms with Crippen LogP contribution in [0.1, 0.15) is 18.4 Å². The summed E-state index contributed by atoms with van der Waals surface area (Å²) in [7, 11) is 1.55. The van der Waals surface area contributed by atoms with Crippen LogP contribution in [0, 0.1) is 10.1 Å². The molecule has 1 unspecified atom stereocenters. The molecule has 0 aliphatic rings. The van der Waals surface area contributed by atoms with Crippen LogP contribution in [0.2, 0.25) is 0 Å². The van der Waals surface area contributed by atoms with Crippen molar-refractivity contribution >= 4 is 34.7 Å². The van der Waals surface area contributed by atoms with Gasteiger partial charge in [-0.1, -0.05) is 19.1 Å². The first kappa shape index (κ1) is 16.5. The van der Waals surface area contributed by atoms with Crippen LogP contribution in [-0.2, 0) is 9.59 Å². The molecule has 0 saturated carbocycles. The topological polar surface area (TPSA) is 113 Å². The van der Waals surface area contributed by atoms with Crippen LogP contribution in [0.5, 0.6) is 0 Å². The largest absolute Gasteiger partial charge is 0.364 e. The highest BCUT2D eigenvalue weighted by Crippen LogP contribution is 2.21. The van der Waals surface area contributed by atoms with Crippen molar-refractivity contribution in [2.45, 2.75) is 12.8 Å². The summed E-state index contributed by atoms with van der Waals surface area (Å²) in [4.78, 5) is 33.7. The average molecular weight is 310 g/mol. The van der Waals surface area contributed by atoms with Gasteiger partial charge in [0.1, 0.15) is 0 Å². The molecule has 0 spiro atoms. The van der Waals surface area contributed by atoms with E-state index >= 15 is 0 Å². The summed E-state index contributed by atoms with van der Waals surface area (Å²) in [6.45, 7) is 1.50. The van der Waals surface area contributed by atoms with Crippen molar-refractivity contribution in [3.63, 3.8) is 0 Å². The van der Waals surface area contributed by atoms with E-state index in [0.717, 1.165) is 0 Å². The number of nitro benzene ring substituents is 1. The number of rotatable bonds is 4. The molecule has 1 rings (SSSR count). The summed E-state index contributed by atoms with van der Waals surface area (Å²) in [5.41, 5.74) is 4.74. The van der Waals surface area contributed by atoms with E-state index in [1.807, 2.05) is 0 Å². The fraction of sp³-hybridized carbons (Fsp3) is 0.250. The molecular weight excluding hydrogens is 296 g/mol. The highest BCUT2D eigenvalue weighted by Gasteiger charge is 2.24. The van der Waals surface area contributed by atoms with E-state index in [1.165, 1.54) is 25.1 Å². The van der Waals surface area contributed by atoms with E-state index in [1.54, 1.807) is 13.1 Å². The number of ketones is 1. The molecular formula is C12H14N4O4S. The lowest BCUT2D eigenvalue weighted by molar-refractivity contribution is -0.384. The number of nitro groups is 1. The third-order valence-electron chi connectivity index (χ3n) is 2.71. The van der Waals surface area contributed by atoms with Gasteiger partial charge in [0.15, 0.2) is 5.11 Å². The molecule has 0 saturated heterocycles. The van der Waals surface area contributed by atoms with Gasteiger partial charge in [-0.3, -0.25) is 30.6 Å². The van der Waals surface area contributed by atoms with E-state index in [-0.39, 0.29) is 10.8 Å². The van der Waals surface area contributed by atoms with Crippen molar-refractivity contribution in [1.82, 2.24) is 16.2 Å². The Morgan fingerprint density at radius 1 is 1.33 bits per heavy atom. The van der Waals surface area contributed by atoms with Gasteiger partial charge in [0.2, 0.25) is 5.78 Å². The number of thiocarbonyl (C=S) groups is 1. The van der Waals surface area contributed by atoms with E-state index in [9.17, 15) is 19.7 Å². The molecule has 3 N–H and O–H groups in total. The smallest absolute Gasteiger partial charge is 0.306 e. The van der Waals surface area contributed by atoms with Crippen LogP contribution in [0.3, 0.4) is 0 Å². The standard InChI is InChI=1S/C12H14N4O4S/c1-7(8-4-3-5-9(6-8)16(19)20)10(17)11(18)14-15-12(21)13-2/h3-7H,1-2H3,(H,14,18)(H2,13,15,21). The number of hydrogen-bond acceptors (Lipinski definition) is 5. The van der Waals surface area contributed by atoms with Crippen LogP contribution in [0.25, 0.3) is 0 Å². The normalized spacial score (nSPS) is 11.1. The number of Topliss-reactive ketones (excluding diaryl/α,β-unsaturated/α-hetero) is 1.